The molecule has 2 heterocycles. The van der Waals surface area contributed by atoms with E-state index in [9.17, 15) is 13.2 Å². The van der Waals surface area contributed by atoms with Gasteiger partial charge in [0.05, 0.1) is 17.6 Å². The first-order valence-electron chi connectivity index (χ1n) is 8.69. The van der Waals surface area contributed by atoms with Gasteiger partial charge in [-0.15, -0.1) is 0 Å². The summed E-state index contributed by atoms with van der Waals surface area (Å²) in [7, 11) is -2.41. The van der Waals surface area contributed by atoms with E-state index in [4.69, 9.17) is 4.74 Å². The Bertz CT molecular complexity index is 921. The summed E-state index contributed by atoms with van der Waals surface area (Å²) in [4.78, 5) is 16.1. The molecule has 1 saturated heterocycles. The predicted molar refractivity (Wildman–Crippen MR) is 99.2 cm³/mol. The van der Waals surface area contributed by atoms with Crippen LogP contribution >= 0.6 is 0 Å². The maximum Gasteiger partial charge on any atom is 0.337 e. The zero-order valence-corrected chi connectivity index (χ0v) is 16.1. The van der Waals surface area contributed by atoms with E-state index in [1.807, 2.05) is 19.1 Å². The molecule has 3 rings (SSSR count). The molecule has 0 unspecified atom stereocenters. The smallest absolute Gasteiger partial charge is 0.337 e. The summed E-state index contributed by atoms with van der Waals surface area (Å²) in [6.07, 6.45) is 1.07. The number of sulfonamides is 1. The summed E-state index contributed by atoms with van der Waals surface area (Å²) >= 11 is 0. The molecule has 1 fully saturated rings. The zero-order valence-electron chi connectivity index (χ0n) is 15.3. The molecule has 0 N–H and O–H groups in total. The van der Waals surface area contributed by atoms with Crippen molar-refractivity contribution in [1.82, 2.24) is 9.29 Å². The van der Waals surface area contributed by atoms with Crippen LogP contribution in [0.3, 0.4) is 0 Å². The summed E-state index contributed by atoms with van der Waals surface area (Å²) in [5.74, 6) is -0.00750. The summed E-state index contributed by atoms with van der Waals surface area (Å²) < 4.78 is 37.7. The van der Waals surface area contributed by atoms with E-state index in [1.165, 1.54) is 29.6 Å². The number of rotatable bonds is 5. The van der Waals surface area contributed by atoms with E-state index in [0.29, 0.717) is 31.8 Å². The van der Waals surface area contributed by atoms with Gasteiger partial charge in [-0.25, -0.2) is 18.2 Å². The molecule has 7 nitrogen and oxygen atoms in total. The second kappa shape index (κ2) is 8.06. The molecule has 1 aliphatic heterocycles. The highest BCUT2D eigenvalue weighted by Crippen LogP contribution is 2.24. The zero-order chi connectivity index (χ0) is 19.4. The number of carbonyl (C=O) groups is 1. The van der Waals surface area contributed by atoms with E-state index in [-0.39, 0.29) is 16.6 Å². The average molecular weight is 390 g/mol. The Labute approximate surface area is 159 Å². The van der Waals surface area contributed by atoms with Gasteiger partial charge >= 0.3 is 5.97 Å². The average Bonchev–Trinajstić information content (AvgIpc) is 2.68. The number of pyridine rings is 1. The first-order valence-corrected chi connectivity index (χ1v) is 10.1. The number of esters is 1. The van der Waals surface area contributed by atoms with Crippen molar-refractivity contribution >= 4 is 16.0 Å². The molecule has 27 heavy (non-hydrogen) atoms. The van der Waals surface area contributed by atoms with Gasteiger partial charge in [-0.1, -0.05) is 12.1 Å². The topological polar surface area (TPSA) is 85.8 Å². The molecule has 0 saturated carbocycles. The minimum Gasteiger partial charge on any atom is -0.474 e. The molecule has 2 aromatic rings. The van der Waals surface area contributed by atoms with Crippen LogP contribution in [0.1, 0.15) is 28.9 Å². The predicted octanol–water partition coefficient (Wildman–Crippen LogP) is 2.41. The third-order valence-corrected chi connectivity index (χ3v) is 6.34. The van der Waals surface area contributed by atoms with Crippen molar-refractivity contribution in [2.24, 2.45) is 0 Å². The third kappa shape index (κ3) is 4.45. The van der Waals surface area contributed by atoms with Crippen LogP contribution in [-0.4, -0.2) is 50.0 Å². The van der Waals surface area contributed by atoms with Crippen molar-refractivity contribution in [3.8, 4) is 5.88 Å². The Kier molecular flexibility index (Phi) is 5.76. The van der Waals surface area contributed by atoms with Crippen molar-refractivity contribution in [2.45, 2.75) is 30.8 Å². The molecule has 0 radical (unpaired) electrons. The van der Waals surface area contributed by atoms with Crippen molar-refractivity contribution in [1.29, 1.82) is 0 Å². The normalized spacial score (nSPS) is 16.1. The Balaban J connectivity index is 1.67. The van der Waals surface area contributed by atoms with E-state index in [2.05, 4.69) is 9.72 Å². The standard InChI is InChI=1S/C19H22N2O5S/c1-14-5-3-8-18(20-14)26-16-9-11-21(12-10-16)27(23,24)17-7-4-6-15(13-17)19(22)25-2/h3-8,13,16H,9-12H2,1-2H3. The van der Waals surface area contributed by atoms with Gasteiger partial charge in [0.1, 0.15) is 6.10 Å². The van der Waals surface area contributed by atoms with Gasteiger partial charge in [0, 0.05) is 24.8 Å². The fourth-order valence-electron chi connectivity index (χ4n) is 3.00. The van der Waals surface area contributed by atoms with Crippen molar-refractivity contribution in [3.63, 3.8) is 0 Å². The fourth-order valence-corrected chi connectivity index (χ4v) is 4.51. The van der Waals surface area contributed by atoms with Crippen molar-refractivity contribution in [3.05, 3.63) is 53.7 Å². The van der Waals surface area contributed by atoms with Gasteiger partial charge < -0.3 is 9.47 Å². The van der Waals surface area contributed by atoms with Crippen molar-refractivity contribution in [2.75, 3.05) is 20.2 Å². The Morgan fingerprint density at radius 2 is 1.85 bits per heavy atom. The van der Waals surface area contributed by atoms with E-state index >= 15 is 0 Å². The lowest BCUT2D eigenvalue weighted by molar-refractivity contribution is 0.0600. The van der Waals surface area contributed by atoms with E-state index < -0.39 is 16.0 Å². The summed E-state index contributed by atoms with van der Waals surface area (Å²) in [5.41, 5.74) is 1.08. The van der Waals surface area contributed by atoms with Gasteiger partial charge in [0.15, 0.2) is 0 Å². The number of aromatic nitrogens is 1. The van der Waals surface area contributed by atoms with Crippen LogP contribution in [0.4, 0.5) is 0 Å². The number of hydrogen-bond acceptors (Lipinski definition) is 6. The molecule has 1 aliphatic rings. The number of ether oxygens (including phenoxy) is 2. The highest BCUT2D eigenvalue weighted by Gasteiger charge is 2.30. The Hall–Kier alpha value is -2.45. The summed E-state index contributed by atoms with van der Waals surface area (Å²) in [5, 5.41) is 0. The molecule has 0 spiro atoms. The third-order valence-electron chi connectivity index (χ3n) is 4.44. The van der Waals surface area contributed by atoms with Crippen LogP contribution in [0.5, 0.6) is 5.88 Å². The highest BCUT2D eigenvalue weighted by molar-refractivity contribution is 7.89. The van der Waals surface area contributed by atoms with E-state index in [1.54, 1.807) is 12.1 Å². The fraction of sp³-hybridized carbons (Fsp3) is 0.368. The van der Waals surface area contributed by atoms with Crippen LogP contribution in [-0.2, 0) is 14.8 Å². The van der Waals surface area contributed by atoms with Gasteiger partial charge in [-0.05, 0) is 44.0 Å². The number of carbonyl (C=O) groups excluding carboxylic acids is 1. The molecule has 144 valence electrons. The lowest BCUT2D eigenvalue weighted by Gasteiger charge is -2.31. The van der Waals surface area contributed by atoms with Crippen LogP contribution in [0.15, 0.2) is 47.4 Å². The molecule has 1 aromatic carbocycles. The highest BCUT2D eigenvalue weighted by atomic mass is 32.2. The maximum atomic E-state index is 12.9. The second-order valence-electron chi connectivity index (χ2n) is 6.36. The van der Waals surface area contributed by atoms with Gasteiger partial charge in [0.2, 0.25) is 15.9 Å². The van der Waals surface area contributed by atoms with Crippen LogP contribution in [0.25, 0.3) is 0 Å². The molecular weight excluding hydrogens is 368 g/mol. The first kappa shape index (κ1) is 19.3. The molecule has 1 aromatic heterocycles. The largest absolute Gasteiger partial charge is 0.474 e. The number of methoxy groups -OCH3 is 1. The number of aryl methyl sites for hydroxylation is 1. The molecule has 0 aliphatic carbocycles. The minimum atomic E-state index is -3.67. The van der Waals surface area contributed by atoms with Gasteiger partial charge in [-0.2, -0.15) is 4.31 Å². The number of hydrogen-bond donors (Lipinski definition) is 0. The number of nitrogens with zero attached hydrogens (tertiary/aromatic N) is 2. The molecule has 0 atom stereocenters. The summed E-state index contributed by atoms with van der Waals surface area (Å²) in [6, 6.07) is 11.5. The first-order chi connectivity index (χ1) is 12.9. The van der Waals surface area contributed by atoms with Crippen molar-refractivity contribution < 1.29 is 22.7 Å². The SMILES string of the molecule is COC(=O)c1cccc(S(=O)(=O)N2CCC(Oc3cccc(C)n3)CC2)c1. The maximum absolute atomic E-state index is 12.9. The molecular formula is C19H22N2O5S. The Morgan fingerprint density at radius 3 is 2.52 bits per heavy atom. The van der Waals surface area contributed by atoms with Gasteiger partial charge in [-0.3, -0.25) is 0 Å². The van der Waals surface area contributed by atoms with E-state index in [0.717, 1.165) is 5.69 Å². The van der Waals surface area contributed by atoms with Crippen LogP contribution in [0, 0.1) is 6.92 Å². The monoisotopic (exact) mass is 390 g/mol. The van der Waals surface area contributed by atoms with Crippen LogP contribution in [0.2, 0.25) is 0 Å². The quantitative estimate of drug-likeness (QED) is 0.729. The Morgan fingerprint density at radius 1 is 1.15 bits per heavy atom. The minimum absolute atomic E-state index is 0.0767. The lowest BCUT2D eigenvalue weighted by Crippen LogP contribution is -2.41. The summed E-state index contributed by atoms with van der Waals surface area (Å²) in [6.45, 7) is 2.59. The lowest BCUT2D eigenvalue weighted by atomic mass is 10.1. The molecule has 0 amide bonds. The number of piperidine rings is 1. The molecule has 8 heteroatoms. The number of benzene rings is 1. The second-order valence-corrected chi connectivity index (χ2v) is 8.30. The van der Waals surface area contributed by atoms with Crippen LogP contribution < -0.4 is 4.74 Å². The van der Waals surface area contributed by atoms with Gasteiger partial charge in [0.25, 0.3) is 0 Å². The molecule has 0 bridgehead atoms.